The molecule has 0 unspecified atom stereocenters. The number of ether oxygens (including phenoxy) is 1. The molecule has 1 aliphatic carbocycles. The maximum Gasteiger partial charge on any atom is 0.316 e. The van der Waals surface area contributed by atoms with E-state index in [2.05, 4.69) is 29.9 Å². The highest BCUT2D eigenvalue weighted by Crippen LogP contribution is 2.50. The number of hydrogen-bond donors (Lipinski definition) is 0. The van der Waals surface area contributed by atoms with Crippen LogP contribution in [0.1, 0.15) is 24.0 Å². The van der Waals surface area contributed by atoms with Crippen molar-refractivity contribution < 1.29 is 9.53 Å². The molecule has 1 aromatic rings. The lowest BCUT2D eigenvalue weighted by atomic mass is 9.91. The van der Waals surface area contributed by atoms with Crippen molar-refractivity contribution in [2.75, 3.05) is 25.9 Å². The number of carbonyl (C=O) groups excluding carboxylic acids is 1. The summed E-state index contributed by atoms with van der Waals surface area (Å²) >= 11 is 0. The zero-order valence-electron chi connectivity index (χ0n) is 11.9. The molecule has 0 N–H and O–H groups in total. The highest BCUT2D eigenvalue weighted by atomic mass is 32.3. The van der Waals surface area contributed by atoms with Crippen LogP contribution in [-0.2, 0) is 14.9 Å². The average Bonchev–Trinajstić information content (AvgIpc) is 3.16. The van der Waals surface area contributed by atoms with Gasteiger partial charge in [-0.2, -0.15) is 10.0 Å². The third-order valence-electron chi connectivity index (χ3n) is 3.26. The number of esters is 1. The lowest BCUT2D eigenvalue weighted by Crippen LogP contribution is -2.22. The van der Waals surface area contributed by atoms with Gasteiger partial charge in [-0.25, -0.2) is 0 Å². The molecule has 1 saturated carbocycles. The molecular formula is C16H20O2S. The standard InChI is InChI=1S/C16H20O2S/c1-18-15(17)16(10-11-16)14-8-6-5-7-13(14)9-12-19(2,3)4/h5-8H,10-11H2,1-4H3. The summed E-state index contributed by atoms with van der Waals surface area (Å²) in [5.74, 6) is 3.12. The lowest BCUT2D eigenvalue weighted by molar-refractivity contribution is -0.143. The Kier molecular flexibility index (Phi) is 3.64. The Hall–Kier alpha value is -1.40. The van der Waals surface area contributed by atoms with E-state index in [0.717, 1.165) is 24.0 Å². The topological polar surface area (TPSA) is 26.3 Å². The summed E-state index contributed by atoms with van der Waals surface area (Å²) in [7, 11) is 0.587. The molecule has 19 heavy (non-hydrogen) atoms. The minimum atomic E-state index is -0.867. The van der Waals surface area contributed by atoms with E-state index in [-0.39, 0.29) is 5.97 Å². The second kappa shape index (κ2) is 4.94. The first-order valence-electron chi connectivity index (χ1n) is 6.28. The number of benzene rings is 1. The molecule has 1 fully saturated rings. The van der Waals surface area contributed by atoms with Gasteiger partial charge < -0.3 is 4.74 Å². The lowest BCUT2D eigenvalue weighted by Gasteiger charge is -2.17. The molecule has 0 atom stereocenters. The maximum absolute atomic E-state index is 12.0. The summed E-state index contributed by atoms with van der Waals surface area (Å²) in [4.78, 5) is 12.0. The third kappa shape index (κ3) is 2.96. The van der Waals surface area contributed by atoms with Crippen LogP contribution in [0.5, 0.6) is 0 Å². The number of methoxy groups -OCH3 is 1. The van der Waals surface area contributed by atoms with Crippen LogP contribution in [0.15, 0.2) is 24.3 Å². The molecule has 0 spiro atoms. The normalized spacial score (nSPS) is 17.1. The van der Waals surface area contributed by atoms with Gasteiger partial charge in [0, 0.05) is 5.56 Å². The molecule has 0 saturated heterocycles. The Morgan fingerprint density at radius 1 is 1.26 bits per heavy atom. The smallest absolute Gasteiger partial charge is 0.316 e. The summed E-state index contributed by atoms with van der Waals surface area (Å²) in [5, 5.41) is 3.32. The van der Waals surface area contributed by atoms with Crippen molar-refractivity contribution in [1.82, 2.24) is 0 Å². The van der Waals surface area contributed by atoms with Gasteiger partial charge in [-0.3, -0.25) is 4.79 Å². The van der Waals surface area contributed by atoms with Gasteiger partial charge in [0.1, 0.15) is 0 Å². The fraction of sp³-hybridized carbons (Fsp3) is 0.438. The zero-order valence-corrected chi connectivity index (χ0v) is 12.8. The zero-order chi connectivity index (χ0) is 14.1. The van der Waals surface area contributed by atoms with Crippen LogP contribution in [0.3, 0.4) is 0 Å². The number of hydrogen-bond acceptors (Lipinski definition) is 2. The van der Waals surface area contributed by atoms with Gasteiger partial charge in [0.25, 0.3) is 0 Å². The first kappa shape index (κ1) is 14.0. The van der Waals surface area contributed by atoms with Gasteiger partial charge in [0.05, 0.1) is 12.5 Å². The Balaban J connectivity index is 2.43. The molecule has 0 aliphatic heterocycles. The molecule has 0 heterocycles. The van der Waals surface area contributed by atoms with Crippen molar-refractivity contribution >= 4 is 16.0 Å². The van der Waals surface area contributed by atoms with Crippen molar-refractivity contribution in [1.29, 1.82) is 0 Å². The Bertz CT molecular complexity index is 554. The van der Waals surface area contributed by atoms with E-state index in [1.54, 1.807) is 0 Å². The minimum Gasteiger partial charge on any atom is -0.468 e. The van der Waals surface area contributed by atoms with Crippen LogP contribution in [0, 0.1) is 11.2 Å². The summed E-state index contributed by atoms with van der Waals surface area (Å²) in [6.45, 7) is 0. The van der Waals surface area contributed by atoms with E-state index in [9.17, 15) is 4.79 Å². The van der Waals surface area contributed by atoms with Crippen molar-refractivity contribution in [2.45, 2.75) is 18.3 Å². The maximum atomic E-state index is 12.0. The molecule has 0 radical (unpaired) electrons. The molecular weight excluding hydrogens is 256 g/mol. The van der Waals surface area contributed by atoms with E-state index >= 15 is 0 Å². The Labute approximate surface area is 116 Å². The first-order valence-corrected chi connectivity index (χ1v) is 9.14. The van der Waals surface area contributed by atoms with Gasteiger partial charge in [0.2, 0.25) is 0 Å². The fourth-order valence-electron chi connectivity index (χ4n) is 2.12. The highest BCUT2D eigenvalue weighted by molar-refractivity contribution is 8.35. The monoisotopic (exact) mass is 276 g/mol. The van der Waals surface area contributed by atoms with Crippen LogP contribution in [0.25, 0.3) is 0 Å². The minimum absolute atomic E-state index is 0.134. The van der Waals surface area contributed by atoms with E-state index in [4.69, 9.17) is 4.74 Å². The molecule has 2 nitrogen and oxygen atoms in total. The van der Waals surface area contributed by atoms with Gasteiger partial charge >= 0.3 is 5.97 Å². The van der Waals surface area contributed by atoms with Gasteiger partial charge in [-0.05, 0) is 48.5 Å². The number of rotatable bonds is 2. The molecule has 1 aromatic carbocycles. The van der Waals surface area contributed by atoms with E-state index in [1.807, 2.05) is 24.3 Å². The molecule has 2 rings (SSSR count). The second-order valence-electron chi connectivity index (χ2n) is 5.68. The Morgan fingerprint density at radius 2 is 1.89 bits per heavy atom. The highest BCUT2D eigenvalue weighted by Gasteiger charge is 2.53. The van der Waals surface area contributed by atoms with Crippen molar-refractivity contribution in [2.24, 2.45) is 0 Å². The molecule has 0 aromatic heterocycles. The molecule has 102 valence electrons. The van der Waals surface area contributed by atoms with Gasteiger partial charge in [0.15, 0.2) is 0 Å². The van der Waals surface area contributed by atoms with E-state index in [0.29, 0.717) is 0 Å². The van der Waals surface area contributed by atoms with Crippen LogP contribution in [0.2, 0.25) is 0 Å². The molecule has 1 aliphatic rings. The molecule has 0 bridgehead atoms. The largest absolute Gasteiger partial charge is 0.468 e. The third-order valence-corrected chi connectivity index (χ3v) is 3.98. The van der Waals surface area contributed by atoms with Crippen LogP contribution >= 0.6 is 10.0 Å². The average molecular weight is 276 g/mol. The van der Waals surface area contributed by atoms with E-state index < -0.39 is 15.4 Å². The summed E-state index contributed by atoms with van der Waals surface area (Å²) in [6.07, 6.45) is 8.21. The van der Waals surface area contributed by atoms with Gasteiger partial charge in [-0.1, -0.05) is 24.1 Å². The molecule has 0 amide bonds. The second-order valence-corrected chi connectivity index (χ2v) is 9.56. The van der Waals surface area contributed by atoms with Crippen molar-refractivity contribution in [3.05, 3.63) is 35.4 Å². The van der Waals surface area contributed by atoms with Gasteiger partial charge in [-0.15, -0.1) is 0 Å². The van der Waals surface area contributed by atoms with Crippen molar-refractivity contribution in [3.63, 3.8) is 0 Å². The SMILES string of the molecule is COC(=O)C1(c2ccccc2C#CS(C)(C)C)CC1. The predicted octanol–water partition coefficient (Wildman–Crippen LogP) is 2.89. The fourth-order valence-corrected chi connectivity index (χ4v) is 2.54. The Morgan fingerprint density at radius 3 is 2.42 bits per heavy atom. The predicted molar refractivity (Wildman–Crippen MR) is 81.6 cm³/mol. The quantitative estimate of drug-likeness (QED) is 0.613. The number of carbonyl (C=O) groups is 1. The van der Waals surface area contributed by atoms with Crippen LogP contribution in [-0.4, -0.2) is 31.8 Å². The summed E-state index contributed by atoms with van der Waals surface area (Å²) in [5.41, 5.74) is 1.55. The van der Waals surface area contributed by atoms with Crippen molar-refractivity contribution in [3.8, 4) is 11.2 Å². The summed E-state index contributed by atoms with van der Waals surface area (Å²) < 4.78 is 4.95. The molecule has 3 heteroatoms. The van der Waals surface area contributed by atoms with Crippen LogP contribution < -0.4 is 0 Å². The summed E-state index contributed by atoms with van der Waals surface area (Å²) in [6, 6.07) is 7.94. The van der Waals surface area contributed by atoms with Crippen LogP contribution in [0.4, 0.5) is 0 Å². The van der Waals surface area contributed by atoms with E-state index in [1.165, 1.54) is 7.11 Å². The first-order chi connectivity index (χ1) is 8.89.